The number of fused-ring (bicyclic) bond motifs is 1. The van der Waals surface area contributed by atoms with E-state index in [2.05, 4.69) is 15.3 Å². The number of nitrogens with one attached hydrogen (secondary N) is 1. The van der Waals surface area contributed by atoms with Gasteiger partial charge in [-0.2, -0.15) is 13.2 Å². The maximum Gasteiger partial charge on any atom is 0.420 e. The van der Waals surface area contributed by atoms with Gasteiger partial charge in [0, 0.05) is 25.0 Å². The summed E-state index contributed by atoms with van der Waals surface area (Å²) in [5, 5.41) is 2.35. The first-order valence-electron chi connectivity index (χ1n) is 8.32. The van der Waals surface area contributed by atoms with Gasteiger partial charge in [0.05, 0.1) is 30.4 Å². The SMILES string of the molecule is Cn1cncc1CNC(=O)c1nc2c(C(F)(F)F)cc(-c3ccco3)cn2c1Cl. The number of rotatable bonds is 4. The van der Waals surface area contributed by atoms with Gasteiger partial charge in [-0.15, -0.1) is 0 Å². The average molecular weight is 424 g/mol. The van der Waals surface area contributed by atoms with Crippen LogP contribution in [0.15, 0.2) is 47.6 Å². The zero-order valence-corrected chi connectivity index (χ0v) is 15.6. The summed E-state index contributed by atoms with van der Waals surface area (Å²) in [6.45, 7) is 0.114. The fourth-order valence-electron chi connectivity index (χ4n) is 2.86. The number of hydrogen-bond acceptors (Lipinski definition) is 4. The van der Waals surface area contributed by atoms with Crippen molar-refractivity contribution in [1.29, 1.82) is 0 Å². The molecule has 0 bridgehead atoms. The van der Waals surface area contributed by atoms with Crippen molar-refractivity contribution in [1.82, 2.24) is 24.3 Å². The number of imidazole rings is 2. The Morgan fingerprint density at radius 3 is 2.79 bits per heavy atom. The van der Waals surface area contributed by atoms with Crippen molar-refractivity contribution in [2.45, 2.75) is 12.7 Å². The van der Waals surface area contributed by atoms with E-state index in [1.807, 2.05) is 0 Å². The van der Waals surface area contributed by atoms with Crippen LogP contribution in [-0.4, -0.2) is 24.8 Å². The smallest absolute Gasteiger partial charge is 0.420 e. The molecule has 0 aliphatic rings. The van der Waals surface area contributed by atoms with Gasteiger partial charge in [0.2, 0.25) is 0 Å². The molecule has 4 aromatic rings. The number of alkyl halides is 3. The number of carbonyl (C=O) groups is 1. The molecule has 4 aromatic heterocycles. The monoisotopic (exact) mass is 423 g/mol. The lowest BCUT2D eigenvalue weighted by Gasteiger charge is -2.10. The largest absolute Gasteiger partial charge is 0.464 e. The molecule has 0 atom stereocenters. The number of hydrogen-bond donors (Lipinski definition) is 1. The van der Waals surface area contributed by atoms with Gasteiger partial charge in [0.1, 0.15) is 10.9 Å². The minimum absolute atomic E-state index is 0.114. The molecule has 0 saturated heterocycles. The summed E-state index contributed by atoms with van der Waals surface area (Å²) in [4.78, 5) is 20.3. The average Bonchev–Trinajstić information content (AvgIpc) is 3.39. The molecule has 0 aliphatic carbocycles. The molecule has 0 aliphatic heterocycles. The first kappa shape index (κ1) is 19.1. The molecular weight excluding hydrogens is 411 g/mol. The molecule has 29 heavy (non-hydrogen) atoms. The maximum atomic E-state index is 13.6. The second-order valence-corrected chi connectivity index (χ2v) is 6.60. The predicted octanol–water partition coefficient (Wildman–Crippen LogP) is 3.93. The molecule has 7 nitrogen and oxygen atoms in total. The fourth-order valence-corrected chi connectivity index (χ4v) is 3.11. The highest BCUT2D eigenvalue weighted by Crippen LogP contribution is 2.37. The normalized spacial score (nSPS) is 11.9. The van der Waals surface area contributed by atoms with E-state index in [4.69, 9.17) is 16.0 Å². The van der Waals surface area contributed by atoms with Crippen LogP contribution in [-0.2, 0) is 19.8 Å². The number of pyridine rings is 1. The quantitative estimate of drug-likeness (QED) is 0.539. The summed E-state index contributed by atoms with van der Waals surface area (Å²) in [6.07, 6.45) is 1.10. The number of amides is 1. The van der Waals surface area contributed by atoms with Crippen LogP contribution in [0.3, 0.4) is 0 Å². The van der Waals surface area contributed by atoms with Crippen molar-refractivity contribution in [3.8, 4) is 11.3 Å². The summed E-state index contributed by atoms with van der Waals surface area (Å²) >= 11 is 6.22. The number of furan rings is 1. The molecule has 0 fully saturated rings. The highest BCUT2D eigenvalue weighted by Gasteiger charge is 2.36. The van der Waals surface area contributed by atoms with E-state index in [9.17, 15) is 18.0 Å². The predicted molar refractivity (Wildman–Crippen MR) is 97.3 cm³/mol. The zero-order chi connectivity index (χ0) is 20.8. The van der Waals surface area contributed by atoms with Crippen LogP contribution in [0.5, 0.6) is 0 Å². The number of carbonyl (C=O) groups excluding carboxylic acids is 1. The van der Waals surface area contributed by atoms with Gasteiger partial charge in [0.25, 0.3) is 5.91 Å². The minimum atomic E-state index is -4.71. The fraction of sp³-hybridized carbons (Fsp3) is 0.167. The molecule has 0 aromatic carbocycles. The van der Waals surface area contributed by atoms with Crippen LogP contribution >= 0.6 is 11.6 Å². The molecule has 0 spiro atoms. The van der Waals surface area contributed by atoms with Crippen molar-refractivity contribution in [2.24, 2.45) is 7.05 Å². The summed E-state index contributed by atoms with van der Waals surface area (Å²) in [7, 11) is 1.75. The molecule has 0 unspecified atom stereocenters. The van der Waals surface area contributed by atoms with Crippen LogP contribution in [0, 0.1) is 0 Å². The van der Waals surface area contributed by atoms with Crippen molar-refractivity contribution in [3.63, 3.8) is 0 Å². The van der Waals surface area contributed by atoms with Crippen LogP contribution in [0.4, 0.5) is 13.2 Å². The third-order valence-corrected chi connectivity index (χ3v) is 4.70. The summed E-state index contributed by atoms with van der Waals surface area (Å²) in [6, 6.07) is 3.99. The van der Waals surface area contributed by atoms with E-state index >= 15 is 0 Å². The second kappa shape index (κ2) is 6.96. The molecule has 4 heterocycles. The van der Waals surface area contributed by atoms with Gasteiger partial charge in [-0.1, -0.05) is 11.6 Å². The molecule has 4 rings (SSSR count). The Kier molecular flexibility index (Phi) is 4.58. The second-order valence-electron chi connectivity index (χ2n) is 6.24. The Morgan fingerprint density at radius 1 is 1.38 bits per heavy atom. The highest BCUT2D eigenvalue weighted by molar-refractivity contribution is 6.33. The van der Waals surface area contributed by atoms with E-state index < -0.39 is 23.3 Å². The first-order valence-corrected chi connectivity index (χ1v) is 8.69. The van der Waals surface area contributed by atoms with Gasteiger partial charge in [-0.25, -0.2) is 9.97 Å². The van der Waals surface area contributed by atoms with Crippen molar-refractivity contribution >= 4 is 23.2 Å². The standard InChI is InChI=1S/C18H13ClF3N5O2/c1-26-9-23-6-11(26)7-24-17(28)14-15(19)27-8-10(13-3-2-4-29-13)5-12(16(27)25-14)18(20,21)22/h2-6,8-9H,7H2,1H3,(H,24,28). The van der Waals surface area contributed by atoms with Gasteiger partial charge in [-0.3, -0.25) is 9.20 Å². The van der Waals surface area contributed by atoms with Gasteiger partial charge >= 0.3 is 6.18 Å². The zero-order valence-electron chi connectivity index (χ0n) is 14.9. The van der Waals surface area contributed by atoms with E-state index in [1.165, 1.54) is 18.5 Å². The topological polar surface area (TPSA) is 77.4 Å². The number of halogens is 4. The third kappa shape index (κ3) is 3.46. The number of nitrogens with zero attached hydrogens (tertiary/aromatic N) is 4. The van der Waals surface area contributed by atoms with Gasteiger partial charge in [0.15, 0.2) is 11.3 Å². The highest BCUT2D eigenvalue weighted by atomic mass is 35.5. The molecule has 0 radical (unpaired) electrons. The van der Waals surface area contributed by atoms with E-state index in [-0.39, 0.29) is 28.7 Å². The van der Waals surface area contributed by atoms with Crippen LogP contribution in [0.1, 0.15) is 21.7 Å². The lowest BCUT2D eigenvalue weighted by molar-refractivity contribution is -0.136. The van der Waals surface area contributed by atoms with E-state index in [0.29, 0.717) is 5.69 Å². The first-order chi connectivity index (χ1) is 13.8. The molecule has 11 heteroatoms. The molecule has 1 N–H and O–H groups in total. The van der Waals surface area contributed by atoms with Gasteiger partial charge < -0.3 is 14.3 Å². The number of aromatic nitrogens is 4. The summed E-state index contributed by atoms with van der Waals surface area (Å²) in [5.74, 6) is -0.475. The Labute approximate surface area is 166 Å². The van der Waals surface area contributed by atoms with E-state index in [1.54, 1.807) is 30.2 Å². The minimum Gasteiger partial charge on any atom is -0.464 e. The Balaban J connectivity index is 1.77. The number of aryl methyl sites for hydroxylation is 1. The maximum absolute atomic E-state index is 13.6. The molecule has 150 valence electrons. The van der Waals surface area contributed by atoms with Crippen LogP contribution < -0.4 is 5.32 Å². The molecule has 0 saturated carbocycles. The van der Waals surface area contributed by atoms with Crippen molar-refractivity contribution in [2.75, 3.05) is 0 Å². The third-order valence-electron chi connectivity index (χ3n) is 4.33. The Bertz CT molecular complexity index is 1190. The van der Waals surface area contributed by atoms with Crippen LogP contribution in [0.2, 0.25) is 5.15 Å². The van der Waals surface area contributed by atoms with E-state index in [0.717, 1.165) is 10.5 Å². The summed E-state index contributed by atoms with van der Waals surface area (Å²) < 4.78 is 48.8. The van der Waals surface area contributed by atoms with Crippen molar-refractivity contribution < 1.29 is 22.4 Å². The summed E-state index contributed by atoms with van der Waals surface area (Å²) in [5.41, 5.74) is -0.955. The van der Waals surface area contributed by atoms with Crippen molar-refractivity contribution in [3.05, 3.63) is 65.3 Å². The molecular formula is C18H13ClF3N5O2. The lowest BCUT2D eigenvalue weighted by atomic mass is 10.1. The molecule has 1 amide bonds. The Hall–Kier alpha value is -3.27. The van der Waals surface area contributed by atoms with Crippen LogP contribution in [0.25, 0.3) is 17.0 Å². The Morgan fingerprint density at radius 2 is 2.17 bits per heavy atom. The lowest BCUT2D eigenvalue weighted by Crippen LogP contribution is -2.24. The van der Waals surface area contributed by atoms with Gasteiger partial charge in [-0.05, 0) is 18.2 Å².